The van der Waals surface area contributed by atoms with Crippen LogP contribution in [0.5, 0.6) is 0 Å². The number of ketones is 1. The molecule has 0 radical (unpaired) electrons. The molecule has 166 valence electrons. The quantitative estimate of drug-likeness (QED) is 0.573. The molecule has 33 heavy (non-hydrogen) atoms. The SMILES string of the molecule is COC(=O)c1ccccc1NC1=CC(=NS(=O)(=O)c2ccc(F)cc2)c2ccccc2C1=O. The van der Waals surface area contributed by atoms with E-state index in [1.807, 2.05) is 0 Å². The Hall–Kier alpha value is -4.11. The van der Waals surface area contributed by atoms with E-state index in [0.717, 1.165) is 24.3 Å². The molecule has 0 aromatic heterocycles. The van der Waals surface area contributed by atoms with Crippen LogP contribution in [0.3, 0.4) is 0 Å². The zero-order valence-corrected chi connectivity index (χ0v) is 18.1. The van der Waals surface area contributed by atoms with Gasteiger partial charge in [-0.15, -0.1) is 0 Å². The van der Waals surface area contributed by atoms with Gasteiger partial charge in [-0.05, 0) is 42.5 Å². The highest BCUT2D eigenvalue weighted by Crippen LogP contribution is 2.26. The first-order chi connectivity index (χ1) is 15.8. The van der Waals surface area contributed by atoms with Crippen molar-refractivity contribution >= 4 is 33.2 Å². The predicted octanol–water partition coefficient (Wildman–Crippen LogP) is 3.98. The number of nitrogens with zero attached hydrogens (tertiary/aromatic N) is 1. The number of esters is 1. The average Bonchev–Trinajstić information content (AvgIpc) is 2.82. The molecule has 0 amide bonds. The summed E-state index contributed by atoms with van der Waals surface area (Å²) in [5.41, 5.74) is 1.13. The van der Waals surface area contributed by atoms with Gasteiger partial charge in [0.05, 0.1) is 34.7 Å². The first kappa shape index (κ1) is 22.1. The molecule has 0 bridgehead atoms. The zero-order valence-electron chi connectivity index (χ0n) is 17.3. The van der Waals surface area contributed by atoms with Gasteiger partial charge in [0.1, 0.15) is 5.82 Å². The molecule has 1 aliphatic carbocycles. The van der Waals surface area contributed by atoms with Crippen molar-refractivity contribution in [3.63, 3.8) is 0 Å². The van der Waals surface area contributed by atoms with Crippen LogP contribution in [0.2, 0.25) is 0 Å². The summed E-state index contributed by atoms with van der Waals surface area (Å²) in [4.78, 5) is 25.0. The molecule has 4 rings (SSSR count). The Kier molecular flexibility index (Phi) is 5.89. The highest BCUT2D eigenvalue weighted by atomic mass is 32.2. The largest absolute Gasteiger partial charge is 0.465 e. The third kappa shape index (κ3) is 4.44. The second-order valence-electron chi connectivity index (χ2n) is 7.00. The van der Waals surface area contributed by atoms with Crippen LogP contribution in [-0.4, -0.2) is 33.0 Å². The Morgan fingerprint density at radius 1 is 0.939 bits per heavy atom. The second kappa shape index (κ2) is 8.79. The van der Waals surface area contributed by atoms with E-state index < -0.39 is 27.6 Å². The van der Waals surface area contributed by atoms with Gasteiger partial charge in [0.25, 0.3) is 10.0 Å². The Labute approximate surface area is 189 Å². The molecule has 7 nitrogen and oxygen atoms in total. The van der Waals surface area contributed by atoms with Crippen molar-refractivity contribution in [3.8, 4) is 0 Å². The number of halogens is 1. The standard InChI is InChI=1S/C24H17FN2O5S/c1-32-24(29)19-8-4-5-9-20(19)26-22-14-21(17-6-2-3-7-18(17)23(22)28)27-33(30,31)16-12-10-15(25)11-13-16/h2-14,26H,1H3. The van der Waals surface area contributed by atoms with Crippen molar-refractivity contribution in [2.75, 3.05) is 12.4 Å². The molecule has 3 aromatic rings. The van der Waals surface area contributed by atoms with E-state index in [-0.39, 0.29) is 27.4 Å². The van der Waals surface area contributed by atoms with Gasteiger partial charge in [-0.1, -0.05) is 36.4 Å². The summed E-state index contributed by atoms with van der Waals surface area (Å²) in [5, 5.41) is 2.90. The molecular weight excluding hydrogens is 447 g/mol. The third-order valence-corrected chi connectivity index (χ3v) is 6.21. The van der Waals surface area contributed by atoms with Crippen molar-refractivity contribution in [1.82, 2.24) is 0 Å². The van der Waals surface area contributed by atoms with Crippen molar-refractivity contribution in [2.45, 2.75) is 4.90 Å². The number of methoxy groups -OCH3 is 1. The minimum Gasteiger partial charge on any atom is -0.465 e. The molecule has 3 aromatic carbocycles. The van der Waals surface area contributed by atoms with E-state index in [4.69, 9.17) is 4.74 Å². The van der Waals surface area contributed by atoms with Gasteiger partial charge in [-0.25, -0.2) is 9.18 Å². The van der Waals surface area contributed by atoms with Crippen molar-refractivity contribution in [2.24, 2.45) is 4.40 Å². The Bertz CT molecular complexity index is 1430. The topological polar surface area (TPSA) is 102 Å². The summed E-state index contributed by atoms with van der Waals surface area (Å²) in [7, 11) is -2.95. The summed E-state index contributed by atoms with van der Waals surface area (Å²) in [6, 6.07) is 17.2. The maximum Gasteiger partial charge on any atom is 0.339 e. The molecule has 0 fully saturated rings. The Morgan fingerprint density at radius 3 is 2.27 bits per heavy atom. The number of hydrogen-bond donors (Lipinski definition) is 1. The number of rotatable bonds is 5. The van der Waals surface area contributed by atoms with E-state index >= 15 is 0 Å². The summed E-state index contributed by atoms with van der Waals surface area (Å²) >= 11 is 0. The molecule has 0 aliphatic heterocycles. The van der Waals surface area contributed by atoms with Gasteiger partial charge in [-0.3, -0.25) is 4.79 Å². The molecule has 9 heteroatoms. The minimum absolute atomic E-state index is 0.0209. The fraction of sp³-hybridized carbons (Fsp3) is 0.0417. The average molecular weight is 464 g/mol. The van der Waals surface area contributed by atoms with Crippen LogP contribution < -0.4 is 5.32 Å². The first-order valence-corrected chi connectivity index (χ1v) is 11.1. The van der Waals surface area contributed by atoms with Gasteiger partial charge in [-0.2, -0.15) is 12.8 Å². The van der Waals surface area contributed by atoms with Gasteiger partial charge >= 0.3 is 5.97 Å². The summed E-state index contributed by atoms with van der Waals surface area (Å²) in [6.45, 7) is 0. The third-order valence-electron chi connectivity index (χ3n) is 4.91. The number of nitrogens with one attached hydrogen (secondary N) is 1. The van der Waals surface area contributed by atoms with Crippen molar-refractivity contribution < 1.29 is 27.1 Å². The molecule has 1 N–H and O–H groups in total. The van der Waals surface area contributed by atoms with Crippen LogP contribution in [-0.2, 0) is 14.8 Å². The predicted molar refractivity (Wildman–Crippen MR) is 120 cm³/mol. The number of benzene rings is 3. The van der Waals surface area contributed by atoms with Crippen LogP contribution in [0.15, 0.2) is 93.9 Å². The van der Waals surface area contributed by atoms with Crippen LogP contribution in [0, 0.1) is 5.82 Å². The molecule has 0 spiro atoms. The summed E-state index contributed by atoms with van der Waals surface area (Å²) in [6.07, 6.45) is 1.31. The first-order valence-electron chi connectivity index (χ1n) is 9.71. The van der Waals surface area contributed by atoms with Gasteiger partial charge in [0.2, 0.25) is 5.78 Å². The number of fused-ring (bicyclic) bond motifs is 1. The fourth-order valence-electron chi connectivity index (χ4n) is 3.31. The summed E-state index contributed by atoms with van der Waals surface area (Å²) < 4.78 is 47.6. The molecule has 0 saturated heterocycles. The number of hydrogen-bond acceptors (Lipinski definition) is 6. The number of carbonyl (C=O) groups is 2. The highest BCUT2D eigenvalue weighted by Gasteiger charge is 2.27. The van der Waals surface area contributed by atoms with E-state index in [1.54, 1.807) is 42.5 Å². The Balaban J connectivity index is 1.82. The number of carbonyl (C=O) groups excluding carboxylic acids is 2. The lowest BCUT2D eigenvalue weighted by molar-refractivity contribution is 0.0601. The minimum atomic E-state index is -4.20. The number of para-hydroxylation sites is 1. The number of Topliss-reactive ketones (excluding diaryl/α,β-unsaturated/α-hetero) is 1. The van der Waals surface area contributed by atoms with Gasteiger partial charge < -0.3 is 10.1 Å². The Morgan fingerprint density at radius 2 is 1.58 bits per heavy atom. The normalized spacial score (nSPS) is 14.4. The second-order valence-corrected chi connectivity index (χ2v) is 8.60. The van der Waals surface area contributed by atoms with Crippen LogP contribution in [0.4, 0.5) is 10.1 Å². The summed E-state index contributed by atoms with van der Waals surface area (Å²) in [5.74, 6) is -1.58. The number of sulfonamides is 1. The molecular formula is C24H17FN2O5S. The maximum absolute atomic E-state index is 13.2. The molecule has 0 saturated carbocycles. The molecule has 0 atom stereocenters. The van der Waals surface area contributed by atoms with Crippen molar-refractivity contribution in [3.05, 3.63) is 107 Å². The van der Waals surface area contributed by atoms with Crippen LogP contribution >= 0.6 is 0 Å². The lowest BCUT2D eigenvalue weighted by Crippen LogP contribution is -2.23. The number of anilines is 1. The maximum atomic E-state index is 13.2. The lowest BCUT2D eigenvalue weighted by Gasteiger charge is -2.19. The number of allylic oxidation sites excluding steroid dienone is 2. The monoisotopic (exact) mass is 464 g/mol. The van der Waals surface area contributed by atoms with Crippen LogP contribution in [0.25, 0.3) is 0 Å². The van der Waals surface area contributed by atoms with Crippen LogP contribution in [0.1, 0.15) is 26.3 Å². The van der Waals surface area contributed by atoms with E-state index in [9.17, 15) is 22.4 Å². The van der Waals surface area contributed by atoms with E-state index in [2.05, 4.69) is 9.71 Å². The fourth-order valence-corrected chi connectivity index (χ4v) is 4.31. The smallest absolute Gasteiger partial charge is 0.339 e. The van der Waals surface area contributed by atoms with Crippen molar-refractivity contribution in [1.29, 1.82) is 0 Å². The lowest BCUT2D eigenvalue weighted by atomic mass is 9.92. The van der Waals surface area contributed by atoms with E-state index in [0.29, 0.717) is 11.3 Å². The molecule has 1 aliphatic rings. The van der Waals surface area contributed by atoms with Gasteiger partial charge in [0, 0.05) is 11.1 Å². The molecule has 0 unspecified atom stereocenters. The zero-order chi connectivity index (χ0) is 23.6. The van der Waals surface area contributed by atoms with Gasteiger partial charge in [0.15, 0.2) is 0 Å². The van der Waals surface area contributed by atoms with E-state index in [1.165, 1.54) is 19.3 Å². The molecule has 0 heterocycles. The highest BCUT2D eigenvalue weighted by molar-refractivity contribution is 7.90. The number of ether oxygens (including phenoxy) is 1.